The van der Waals surface area contributed by atoms with E-state index in [4.69, 9.17) is 4.74 Å². The van der Waals surface area contributed by atoms with Crippen LogP contribution in [0.5, 0.6) is 0 Å². The number of carbonyl (C=O) groups is 1. The Morgan fingerprint density at radius 1 is 1.21 bits per heavy atom. The van der Waals surface area contributed by atoms with E-state index in [9.17, 15) is 4.79 Å². The lowest BCUT2D eigenvalue weighted by Crippen LogP contribution is -2.36. The van der Waals surface area contributed by atoms with Crippen LogP contribution in [-0.2, 0) is 9.53 Å². The van der Waals surface area contributed by atoms with Crippen molar-refractivity contribution in [3.8, 4) is 0 Å². The lowest BCUT2D eigenvalue weighted by molar-refractivity contribution is -0.117. The monoisotopic (exact) mass is 278 g/mol. The molecule has 5 heteroatoms. The minimum absolute atomic E-state index is 0.152. The molecule has 0 aliphatic carbocycles. The Morgan fingerprint density at radius 3 is 2.63 bits per heavy atom. The van der Waals surface area contributed by atoms with E-state index in [-0.39, 0.29) is 11.2 Å². The first-order valence-corrected chi connectivity index (χ1v) is 7.17. The average Bonchev–Trinajstić information content (AvgIpc) is 2.79. The lowest BCUT2D eigenvalue weighted by atomic mass is 10.2. The van der Waals surface area contributed by atoms with Gasteiger partial charge in [-0.25, -0.2) is 0 Å². The molecule has 1 unspecified atom stereocenters. The number of anilines is 2. The molecular formula is C14H18N2O2S. The maximum atomic E-state index is 11.9. The third kappa shape index (κ3) is 2.72. The van der Waals surface area contributed by atoms with Crippen molar-refractivity contribution in [2.75, 3.05) is 42.6 Å². The van der Waals surface area contributed by atoms with Crippen LogP contribution >= 0.6 is 12.6 Å². The Labute approximate surface area is 118 Å². The SMILES string of the molecule is O=C1CC(S)CN1c1cccc(N2CCOCC2)c1. The summed E-state index contributed by atoms with van der Waals surface area (Å²) in [5, 5.41) is 0.152. The van der Waals surface area contributed by atoms with Gasteiger partial charge in [0.25, 0.3) is 0 Å². The quantitative estimate of drug-likeness (QED) is 0.833. The molecule has 102 valence electrons. The smallest absolute Gasteiger partial charge is 0.228 e. The molecule has 2 aliphatic rings. The van der Waals surface area contributed by atoms with Gasteiger partial charge in [-0.3, -0.25) is 4.79 Å². The van der Waals surface area contributed by atoms with Crippen LogP contribution in [0.4, 0.5) is 11.4 Å². The molecular weight excluding hydrogens is 260 g/mol. The second-order valence-electron chi connectivity index (χ2n) is 4.98. The van der Waals surface area contributed by atoms with Gasteiger partial charge in [0.1, 0.15) is 0 Å². The van der Waals surface area contributed by atoms with Crippen molar-refractivity contribution in [1.29, 1.82) is 0 Å². The number of hydrogen-bond donors (Lipinski definition) is 1. The summed E-state index contributed by atoms with van der Waals surface area (Å²) >= 11 is 4.40. The molecule has 19 heavy (non-hydrogen) atoms. The number of morpholine rings is 1. The normalized spacial score (nSPS) is 24.1. The molecule has 2 saturated heterocycles. The molecule has 0 aromatic heterocycles. The van der Waals surface area contributed by atoms with Crippen LogP contribution in [0.2, 0.25) is 0 Å². The van der Waals surface area contributed by atoms with Crippen molar-refractivity contribution in [3.63, 3.8) is 0 Å². The Bertz CT molecular complexity index is 474. The first-order chi connectivity index (χ1) is 9.24. The van der Waals surface area contributed by atoms with Gasteiger partial charge in [-0.15, -0.1) is 0 Å². The largest absolute Gasteiger partial charge is 0.378 e. The van der Waals surface area contributed by atoms with Crippen LogP contribution in [-0.4, -0.2) is 44.0 Å². The molecule has 0 saturated carbocycles. The van der Waals surface area contributed by atoms with Crippen LogP contribution in [0.15, 0.2) is 24.3 Å². The minimum Gasteiger partial charge on any atom is -0.378 e. The fraction of sp³-hybridized carbons (Fsp3) is 0.500. The van der Waals surface area contributed by atoms with Crippen molar-refractivity contribution in [2.45, 2.75) is 11.7 Å². The highest BCUT2D eigenvalue weighted by molar-refractivity contribution is 7.81. The summed E-state index contributed by atoms with van der Waals surface area (Å²) in [6.07, 6.45) is 0.533. The summed E-state index contributed by atoms with van der Waals surface area (Å²) in [5.41, 5.74) is 2.14. The summed E-state index contributed by atoms with van der Waals surface area (Å²) < 4.78 is 5.37. The summed E-state index contributed by atoms with van der Waals surface area (Å²) in [4.78, 5) is 16.0. The van der Waals surface area contributed by atoms with Gasteiger partial charge >= 0.3 is 0 Å². The standard InChI is InChI=1S/C14H18N2O2S/c17-14-9-13(19)10-16(14)12-3-1-2-11(8-12)15-4-6-18-7-5-15/h1-3,8,13,19H,4-7,9-10H2. The number of thiol groups is 1. The van der Waals surface area contributed by atoms with Gasteiger partial charge in [0, 0.05) is 42.7 Å². The van der Waals surface area contributed by atoms with E-state index >= 15 is 0 Å². The Morgan fingerprint density at radius 2 is 1.95 bits per heavy atom. The van der Waals surface area contributed by atoms with Crippen LogP contribution in [0.3, 0.4) is 0 Å². The molecule has 0 spiro atoms. The molecule has 1 aromatic carbocycles. The van der Waals surface area contributed by atoms with Gasteiger partial charge in [0.05, 0.1) is 13.2 Å². The van der Waals surface area contributed by atoms with Crippen LogP contribution in [0.1, 0.15) is 6.42 Å². The van der Waals surface area contributed by atoms with Crippen molar-refractivity contribution < 1.29 is 9.53 Å². The number of benzene rings is 1. The molecule has 2 fully saturated rings. The zero-order valence-corrected chi connectivity index (χ0v) is 11.7. The first kappa shape index (κ1) is 12.8. The molecule has 0 radical (unpaired) electrons. The third-order valence-electron chi connectivity index (χ3n) is 3.62. The number of carbonyl (C=O) groups excluding carboxylic acids is 1. The van der Waals surface area contributed by atoms with Crippen molar-refractivity contribution >= 4 is 29.9 Å². The topological polar surface area (TPSA) is 32.8 Å². The summed E-state index contributed by atoms with van der Waals surface area (Å²) in [6.45, 7) is 4.06. The molecule has 0 bridgehead atoms. The van der Waals surface area contributed by atoms with Crippen LogP contribution in [0.25, 0.3) is 0 Å². The van der Waals surface area contributed by atoms with Gasteiger partial charge in [-0.05, 0) is 18.2 Å². The molecule has 2 heterocycles. The highest BCUT2D eigenvalue weighted by Crippen LogP contribution is 2.28. The highest BCUT2D eigenvalue weighted by atomic mass is 32.1. The van der Waals surface area contributed by atoms with E-state index in [0.717, 1.165) is 37.7 Å². The lowest BCUT2D eigenvalue weighted by Gasteiger charge is -2.29. The minimum atomic E-state index is 0.152. The Balaban J connectivity index is 1.81. The zero-order chi connectivity index (χ0) is 13.2. The van der Waals surface area contributed by atoms with E-state index in [1.54, 1.807) is 0 Å². The molecule has 1 aromatic rings. The zero-order valence-electron chi connectivity index (χ0n) is 10.8. The number of amides is 1. The van der Waals surface area contributed by atoms with E-state index < -0.39 is 0 Å². The summed E-state index contributed by atoms with van der Waals surface area (Å²) in [7, 11) is 0. The molecule has 0 N–H and O–H groups in total. The maximum Gasteiger partial charge on any atom is 0.228 e. The fourth-order valence-electron chi connectivity index (χ4n) is 2.62. The number of hydrogen-bond acceptors (Lipinski definition) is 4. The van der Waals surface area contributed by atoms with Gasteiger partial charge in [-0.2, -0.15) is 12.6 Å². The van der Waals surface area contributed by atoms with Crippen molar-refractivity contribution in [3.05, 3.63) is 24.3 Å². The van der Waals surface area contributed by atoms with Gasteiger partial charge < -0.3 is 14.5 Å². The predicted molar refractivity (Wildman–Crippen MR) is 79.2 cm³/mol. The molecule has 4 nitrogen and oxygen atoms in total. The van der Waals surface area contributed by atoms with Crippen molar-refractivity contribution in [2.24, 2.45) is 0 Å². The van der Waals surface area contributed by atoms with Gasteiger partial charge in [-0.1, -0.05) is 6.07 Å². The van der Waals surface area contributed by atoms with Crippen molar-refractivity contribution in [1.82, 2.24) is 0 Å². The van der Waals surface area contributed by atoms with E-state index in [1.807, 2.05) is 17.0 Å². The number of ether oxygens (including phenoxy) is 1. The molecule has 2 aliphatic heterocycles. The Hall–Kier alpha value is -1.20. The Kier molecular flexibility index (Phi) is 3.66. The van der Waals surface area contributed by atoms with Crippen LogP contribution < -0.4 is 9.80 Å². The van der Waals surface area contributed by atoms with Gasteiger partial charge in [0.2, 0.25) is 5.91 Å². The predicted octanol–water partition coefficient (Wildman–Crippen LogP) is 1.56. The van der Waals surface area contributed by atoms with Crippen LogP contribution in [0, 0.1) is 0 Å². The number of rotatable bonds is 2. The van der Waals surface area contributed by atoms with E-state index in [0.29, 0.717) is 13.0 Å². The molecule has 3 rings (SSSR count). The highest BCUT2D eigenvalue weighted by Gasteiger charge is 2.28. The first-order valence-electron chi connectivity index (χ1n) is 6.65. The number of nitrogens with zero attached hydrogens (tertiary/aromatic N) is 2. The molecule has 1 atom stereocenters. The van der Waals surface area contributed by atoms with E-state index in [1.165, 1.54) is 0 Å². The fourth-order valence-corrected chi connectivity index (χ4v) is 2.94. The summed E-state index contributed by atoms with van der Waals surface area (Å²) in [6, 6.07) is 8.19. The second-order valence-corrected chi connectivity index (χ2v) is 5.71. The second kappa shape index (κ2) is 5.43. The molecule has 1 amide bonds. The van der Waals surface area contributed by atoms with E-state index in [2.05, 4.69) is 29.7 Å². The average molecular weight is 278 g/mol. The summed E-state index contributed by atoms with van der Waals surface area (Å²) in [5.74, 6) is 0.166. The maximum absolute atomic E-state index is 11.9. The van der Waals surface area contributed by atoms with Gasteiger partial charge in [0.15, 0.2) is 0 Å². The third-order valence-corrected chi connectivity index (χ3v) is 3.97.